The zero-order valence-electron chi connectivity index (χ0n) is 13.6. The highest BCUT2D eigenvalue weighted by Gasteiger charge is 2.15. The molecule has 3 aromatic rings. The normalized spacial score (nSPS) is 11.1. The number of nitrogens with zero attached hydrogens (tertiary/aromatic N) is 2. The fourth-order valence-corrected chi connectivity index (χ4v) is 2.71. The second-order valence-corrected chi connectivity index (χ2v) is 6.27. The molecule has 0 aliphatic carbocycles. The number of aromatic amines is 1. The van der Waals surface area contributed by atoms with Crippen molar-refractivity contribution in [2.75, 3.05) is 5.32 Å². The van der Waals surface area contributed by atoms with Gasteiger partial charge in [-0.2, -0.15) is 10.4 Å². The van der Waals surface area contributed by atoms with Gasteiger partial charge in [0.2, 0.25) is 0 Å². The molecule has 27 heavy (non-hydrogen) atoms. The van der Waals surface area contributed by atoms with Crippen molar-refractivity contribution < 1.29 is 9.18 Å². The Morgan fingerprint density at radius 2 is 2.04 bits per heavy atom. The molecule has 0 saturated carbocycles. The molecule has 0 aliphatic heterocycles. The van der Waals surface area contributed by atoms with E-state index in [1.807, 2.05) is 6.07 Å². The van der Waals surface area contributed by atoms with Crippen molar-refractivity contribution in [1.82, 2.24) is 10.2 Å². The first-order valence-corrected chi connectivity index (χ1v) is 8.41. The van der Waals surface area contributed by atoms with Gasteiger partial charge in [0.05, 0.1) is 22.6 Å². The van der Waals surface area contributed by atoms with Crippen molar-refractivity contribution in [2.45, 2.75) is 0 Å². The zero-order chi connectivity index (χ0) is 19.4. The van der Waals surface area contributed by atoms with Gasteiger partial charge in [0.15, 0.2) is 0 Å². The molecule has 0 saturated heterocycles. The number of H-pyrrole nitrogens is 1. The van der Waals surface area contributed by atoms with Crippen LogP contribution in [0, 0.1) is 17.1 Å². The largest absolute Gasteiger partial charge is 0.320 e. The second kappa shape index (κ2) is 8.04. The van der Waals surface area contributed by atoms with Gasteiger partial charge in [0.25, 0.3) is 5.91 Å². The van der Waals surface area contributed by atoms with E-state index in [-0.39, 0.29) is 21.8 Å². The van der Waals surface area contributed by atoms with Crippen molar-refractivity contribution in [3.8, 4) is 17.3 Å². The second-order valence-electron chi connectivity index (χ2n) is 5.43. The molecule has 5 nitrogen and oxygen atoms in total. The third-order valence-corrected chi connectivity index (χ3v) is 4.22. The molecule has 1 amide bonds. The predicted molar refractivity (Wildman–Crippen MR) is 103 cm³/mol. The van der Waals surface area contributed by atoms with E-state index in [0.717, 1.165) is 0 Å². The molecular formula is C19H11Cl2FN4O. The van der Waals surface area contributed by atoms with Gasteiger partial charge in [-0.15, -0.1) is 0 Å². The molecule has 1 heterocycles. The van der Waals surface area contributed by atoms with Gasteiger partial charge < -0.3 is 5.32 Å². The minimum absolute atomic E-state index is 0.204. The Balaban J connectivity index is 1.93. The molecule has 3 rings (SSSR count). The summed E-state index contributed by atoms with van der Waals surface area (Å²) in [5, 5.41) is 19.1. The fourth-order valence-electron chi connectivity index (χ4n) is 2.37. The van der Waals surface area contributed by atoms with Gasteiger partial charge in [0, 0.05) is 16.1 Å². The van der Waals surface area contributed by atoms with Crippen molar-refractivity contribution in [3.63, 3.8) is 0 Å². The number of amides is 1. The molecule has 8 heteroatoms. The maximum atomic E-state index is 14.0. The van der Waals surface area contributed by atoms with E-state index in [2.05, 4.69) is 15.5 Å². The van der Waals surface area contributed by atoms with Gasteiger partial charge in [-0.3, -0.25) is 9.89 Å². The predicted octanol–water partition coefficient (Wildman–Crippen LogP) is 5.07. The first-order chi connectivity index (χ1) is 13.0. The summed E-state index contributed by atoms with van der Waals surface area (Å²) in [6, 6.07) is 12.5. The Bertz CT molecular complexity index is 1090. The van der Waals surface area contributed by atoms with Crippen molar-refractivity contribution in [2.24, 2.45) is 0 Å². The lowest BCUT2D eigenvalue weighted by atomic mass is 10.1. The van der Waals surface area contributed by atoms with E-state index in [0.29, 0.717) is 16.3 Å². The van der Waals surface area contributed by atoms with E-state index < -0.39 is 11.7 Å². The smallest absolute Gasteiger partial charge is 0.266 e. The summed E-state index contributed by atoms with van der Waals surface area (Å²) in [5.41, 5.74) is 1.09. The first-order valence-electron chi connectivity index (χ1n) is 7.66. The summed E-state index contributed by atoms with van der Waals surface area (Å²) in [7, 11) is 0. The summed E-state index contributed by atoms with van der Waals surface area (Å²) in [6.45, 7) is 0. The topological polar surface area (TPSA) is 81.6 Å². The highest BCUT2D eigenvalue weighted by Crippen LogP contribution is 2.27. The van der Waals surface area contributed by atoms with Crippen LogP contribution in [0.2, 0.25) is 10.0 Å². The highest BCUT2D eigenvalue weighted by atomic mass is 35.5. The van der Waals surface area contributed by atoms with Crippen molar-refractivity contribution in [1.29, 1.82) is 5.26 Å². The maximum absolute atomic E-state index is 14.0. The van der Waals surface area contributed by atoms with Crippen LogP contribution in [0.15, 0.2) is 54.2 Å². The Labute approximate surface area is 164 Å². The van der Waals surface area contributed by atoms with E-state index in [1.54, 1.807) is 24.3 Å². The van der Waals surface area contributed by atoms with Crippen LogP contribution in [-0.4, -0.2) is 16.1 Å². The van der Waals surface area contributed by atoms with Crippen LogP contribution in [0.5, 0.6) is 0 Å². The standard InChI is InChI=1S/C19H11Cl2FN4O/c20-13-5-6-15(21)17(8-13)25-19(27)11(9-23)7-12-10-24-26-18(12)14-3-1-2-4-16(14)22/h1-8,10H,(H,24,26)(H,25,27)/b11-7+. The number of nitrogens with one attached hydrogen (secondary N) is 2. The van der Waals surface area contributed by atoms with Gasteiger partial charge >= 0.3 is 0 Å². The first kappa shape index (κ1) is 18.6. The van der Waals surface area contributed by atoms with Gasteiger partial charge in [-0.1, -0.05) is 35.3 Å². The Morgan fingerprint density at radius 1 is 1.26 bits per heavy atom. The van der Waals surface area contributed by atoms with Crippen molar-refractivity contribution >= 4 is 40.9 Å². The number of carbonyl (C=O) groups is 1. The Hall–Kier alpha value is -3.14. The lowest BCUT2D eigenvalue weighted by molar-refractivity contribution is -0.112. The van der Waals surface area contributed by atoms with Gasteiger partial charge in [-0.05, 0) is 36.4 Å². The lowest BCUT2D eigenvalue weighted by Gasteiger charge is -2.07. The number of hydrogen-bond acceptors (Lipinski definition) is 3. The van der Waals surface area contributed by atoms with Crippen LogP contribution >= 0.6 is 23.2 Å². The molecule has 134 valence electrons. The minimum Gasteiger partial charge on any atom is -0.320 e. The summed E-state index contributed by atoms with van der Waals surface area (Å²) in [4.78, 5) is 12.4. The monoisotopic (exact) mass is 400 g/mol. The molecule has 0 radical (unpaired) electrons. The van der Waals surface area contributed by atoms with E-state index in [1.165, 1.54) is 30.5 Å². The van der Waals surface area contributed by atoms with Crippen LogP contribution in [0.4, 0.5) is 10.1 Å². The van der Waals surface area contributed by atoms with Gasteiger partial charge in [-0.25, -0.2) is 4.39 Å². The molecule has 0 spiro atoms. The molecule has 0 unspecified atom stereocenters. The number of rotatable bonds is 4. The fraction of sp³-hybridized carbons (Fsp3) is 0. The molecule has 0 bridgehead atoms. The third-order valence-electron chi connectivity index (χ3n) is 3.65. The maximum Gasteiger partial charge on any atom is 0.266 e. The van der Waals surface area contributed by atoms with E-state index in [9.17, 15) is 14.4 Å². The number of aromatic nitrogens is 2. The summed E-state index contributed by atoms with van der Waals surface area (Å²) >= 11 is 11.9. The average molecular weight is 401 g/mol. The van der Waals surface area contributed by atoms with Crippen LogP contribution in [0.25, 0.3) is 17.3 Å². The van der Waals surface area contributed by atoms with Crippen LogP contribution in [0.1, 0.15) is 5.56 Å². The summed E-state index contributed by atoms with van der Waals surface area (Å²) in [5.74, 6) is -1.13. The number of anilines is 1. The molecule has 2 N–H and O–H groups in total. The van der Waals surface area contributed by atoms with Crippen LogP contribution in [-0.2, 0) is 4.79 Å². The van der Waals surface area contributed by atoms with E-state index >= 15 is 0 Å². The van der Waals surface area contributed by atoms with Crippen molar-refractivity contribution in [3.05, 3.63) is 75.7 Å². The number of nitriles is 1. The molecule has 2 aromatic carbocycles. The summed E-state index contributed by atoms with van der Waals surface area (Å²) in [6.07, 6.45) is 2.72. The minimum atomic E-state index is -0.678. The number of carbonyl (C=O) groups excluding carboxylic acids is 1. The summed E-state index contributed by atoms with van der Waals surface area (Å²) < 4.78 is 14.0. The van der Waals surface area contributed by atoms with E-state index in [4.69, 9.17) is 23.2 Å². The highest BCUT2D eigenvalue weighted by molar-refractivity contribution is 6.36. The van der Waals surface area contributed by atoms with Gasteiger partial charge in [0.1, 0.15) is 17.5 Å². The molecule has 1 aromatic heterocycles. The Kier molecular flexibility index (Phi) is 5.55. The zero-order valence-corrected chi connectivity index (χ0v) is 15.1. The SMILES string of the molecule is N#C/C(=C\c1cn[nH]c1-c1ccccc1F)C(=O)Nc1cc(Cl)ccc1Cl. The number of hydrogen-bond donors (Lipinski definition) is 2. The molecular weight excluding hydrogens is 390 g/mol. The average Bonchev–Trinajstić information content (AvgIpc) is 3.11. The number of benzene rings is 2. The lowest BCUT2D eigenvalue weighted by Crippen LogP contribution is -2.13. The Morgan fingerprint density at radius 3 is 2.78 bits per heavy atom. The number of halogens is 3. The third kappa shape index (κ3) is 4.17. The van der Waals surface area contributed by atoms with Crippen LogP contribution in [0.3, 0.4) is 0 Å². The quantitative estimate of drug-likeness (QED) is 0.473. The van der Waals surface area contributed by atoms with Crippen LogP contribution < -0.4 is 5.32 Å². The molecule has 0 atom stereocenters. The molecule has 0 fully saturated rings. The molecule has 0 aliphatic rings.